The molecule has 2 N–H and O–H groups in total. The highest BCUT2D eigenvalue weighted by Crippen LogP contribution is 2.36. The van der Waals surface area contributed by atoms with Crippen LogP contribution in [0.3, 0.4) is 0 Å². The summed E-state index contributed by atoms with van der Waals surface area (Å²) >= 11 is 14.9. The number of hydrogen-bond donors (Lipinski definition) is 2. The van der Waals surface area contributed by atoms with E-state index in [1.54, 1.807) is 12.1 Å². The van der Waals surface area contributed by atoms with Crippen LogP contribution in [0.25, 0.3) is 0 Å². The fourth-order valence-electron chi connectivity index (χ4n) is 1.89. The fraction of sp³-hybridized carbons (Fsp3) is 0.125. The first-order chi connectivity index (χ1) is 11.8. The van der Waals surface area contributed by atoms with Gasteiger partial charge in [-0.2, -0.15) is 0 Å². The van der Waals surface area contributed by atoms with E-state index in [-0.39, 0.29) is 23.7 Å². The van der Waals surface area contributed by atoms with E-state index in [4.69, 9.17) is 37.8 Å². The summed E-state index contributed by atoms with van der Waals surface area (Å²) in [5.74, 6) is -1.14. The van der Waals surface area contributed by atoms with Gasteiger partial charge in [0, 0.05) is 5.69 Å². The van der Waals surface area contributed by atoms with Gasteiger partial charge in [0.25, 0.3) is 5.91 Å². The van der Waals surface area contributed by atoms with Crippen molar-refractivity contribution in [3.05, 3.63) is 50.4 Å². The number of aromatic carboxylic acids is 1. The van der Waals surface area contributed by atoms with Gasteiger partial charge in [0.05, 0.1) is 27.2 Å². The predicted molar refractivity (Wildman–Crippen MR) is 98.2 cm³/mol. The molecule has 132 valence electrons. The van der Waals surface area contributed by atoms with Gasteiger partial charge in [0.1, 0.15) is 0 Å². The maximum absolute atomic E-state index is 12.0. The largest absolute Gasteiger partial charge is 0.493 e. The Bertz CT molecular complexity index is 828. The van der Waals surface area contributed by atoms with Gasteiger partial charge in [-0.15, -0.1) is 0 Å². The Hall–Kier alpha value is -1.96. The SMILES string of the molecule is COc1cc(C(=O)O)cc(Br)c1OCC(=O)Nc1ccc(Cl)c(Cl)c1. The predicted octanol–water partition coefficient (Wildman–Crippen LogP) is 4.48. The lowest BCUT2D eigenvalue weighted by Crippen LogP contribution is -2.20. The van der Waals surface area contributed by atoms with Gasteiger partial charge >= 0.3 is 5.97 Å². The molecule has 0 fully saturated rings. The van der Waals surface area contributed by atoms with E-state index in [2.05, 4.69) is 21.2 Å². The normalized spacial score (nSPS) is 10.2. The molecule has 2 rings (SSSR count). The molecule has 0 radical (unpaired) electrons. The van der Waals surface area contributed by atoms with Crippen LogP contribution in [-0.4, -0.2) is 30.7 Å². The Kier molecular flexibility index (Phi) is 6.52. The molecule has 0 aliphatic carbocycles. The van der Waals surface area contributed by atoms with Crippen LogP contribution in [0.1, 0.15) is 10.4 Å². The minimum Gasteiger partial charge on any atom is -0.493 e. The Labute approximate surface area is 161 Å². The Morgan fingerprint density at radius 1 is 1.20 bits per heavy atom. The number of anilines is 1. The number of nitrogens with one attached hydrogen (secondary N) is 1. The van der Waals surface area contributed by atoms with Crippen LogP contribution in [0.4, 0.5) is 5.69 Å². The Morgan fingerprint density at radius 3 is 2.52 bits per heavy atom. The third kappa shape index (κ3) is 5.01. The molecule has 0 aliphatic rings. The maximum atomic E-state index is 12.0. The number of benzene rings is 2. The number of carbonyl (C=O) groups is 2. The summed E-state index contributed by atoms with van der Waals surface area (Å²) in [4.78, 5) is 23.1. The fourth-order valence-corrected chi connectivity index (χ4v) is 2.75. The topological polar surface area (TPSA) is 84.9 Å². The van der Waals surface area contributed by atoms with Gasteiger partial charge in [-0.05, 0) is 46.3 Å². The second kappa shape index (κ2) is 8.42. The summed E-state index contributed by atoms with van der Waals surface area (Å²) in [6.07, 6.45) is 0. The molecule has 0 bridgehead atoms. The number of halogens is 3. The summed E-state index contributed by atoms with van der Waals surface area (Å²) in [6.45, 7) is -0.318. The number of ether oxygens (including phenoxy) is 2. The number of amides is 1. The van der Waals surface area contributed by atoms with E-state index < -0.39 is 11.9 Å². The van der Waals surface area contributed by atoms with Crippen molar-refractivity contribution in [2.45, 2.75) is 0 Å². The van der Waals surface area contributed by atoms with Crippen LogP contribution in [0, 0.1) is 0 Å². The molecule has 1 amide bonds. The van der Waals surface area contributed by atoms with Crippen LogP contribution in [0.15, 0.2) is 34.8 Å². The van der Waals surface area contributed by atoms with Crippen LogP contribution in [-0.2, 0) is 4.79 Å². The minimum atomic E-state index is -1.11. The minimum absolute atomic E-state index is 0.0244. The molecule has 9 heteroatoms. The molecule has 0 spiro atoms. The number of rotatable bonds is 6. The lowest BCUT2D eigenvalue weighted by atomic mass is 10.2. The number of carboxylic acids is 1. The van der Waals surface area contributed by atoms with Crippen molar-refractivity contribution in [3.8, 4) is 11.5 Å². The standard InChI is InChI=1S/C16H12BrCl2NO5/c1-24-13-5-8(16(22)23)4-10(17)15(13)25-7-14(21)20-9-2-3-11(18)12(19)6-9/h2-6H,7H2,1H3,(H,20,21)(H,22,23). The van der Waals surface area contributed by atoms with Gasteiger partial charge in [-0.1, -0.05) is 23.2 Å². The first-order valence-corrected chi connectivity index (χ1v) is 8.35. The lowest BCUT2D eigenvalue weighted by Gasteiger charge is -2.13. The van der Waals surface area contributed by atoms with Crippen molar-refractivity contribution in [1.82, 2.24) is 0 Å². The molecular formula is C16H12BrCl2NO5. The molecule has 0 saturated carbocycles. The summed E-state index contributed by atoms with van der Waals surface area (Å²) in [7, 11) is 1.37. The molecule has 0 aliphatic heterocycles. The second-order valence-electron chi connectivity index (χ2n) is 4.76. The van der Waals surface area contributed by atoms with Gasteiger partial charge < -0.3 is 19.9 Å². The van der Waals surface area contributed by atoms with Crippen molar-refractivity contribution < 1.29 is 24.2 Å². The highest BCUT2D eigenvalue weighted by atomic mass is 79.9. The zero-order valence-electron chi connectivity index (χ0n) is 12.8. The first kappa shape index (κ1) is 19.4. The van der Waals surface area contributed by atoms with E-state index in [1.807, 2.05) is 0 Å². The second-order valence-corrected chi connectivity index (χ2v) is 6.43. The molecule has 25 heavy (non-hydrogen) atoms. The Balaban J connectivity index is 2.08. The summed E-state index contributed by atoms with van der Waals surface area (Å²) in [5, 5.41) is 12.3. The number of methoxy groups -OCH3 is 1. The molecule has 2 aromatic rings. The van der Waals surface area contributed by atoms with E-state index in [1.165, 1.54) is 25.3 Å². The van der Waals surface area contributed by atoms with E-state index >= 15 is 0 Å². The molecule has 2 aromatic carbocycles. The molecule has 0 aromatic heterocycles. The van der Waals surface area contributed by atoms with Crippen molar-refractivity contribution in [2.75, 3.05) is 19.0 Å². The molecular weight excluding hydrogens is 437 g/mol. The van der Waals surface area contributed by atoms with E-state index in [0.717, 1.165) is 0 Å². The third-order valence-electron chi connectivity index (χ3n) is 3.03. The number of hydrogen-bond acceptors (Lipinski definition) is 4. The Morgan fingerprint density at radius 2 is 1.92 bits per heavy atom. The van der Waals surface area contributed by atoms with E-state index in [9.17, 15) is 9.59 Å². The van der Waals surface area contributed by atoms with Gasteiger partial charge in [-0.25, -0.2) is 4.79 Å². The summed E-state index contributed by atoms with van der Waals surface area (Å²) < 4.78 is 10.9. The molecule has 0 atom stereocenters. The summed E-state index contributed by atoms with van der Waals surface area (Å²) in [5.41, 5.74) is 0.492. The molecule has 0 heterocycles. The molecule has 0 saturated heterocycles. The van der Waals surface area contributed by atoms with Gasteiger partial charge in [0.2, 0.25) is 0 Å². The average Bonchev–Trinajstić information content (AvgIpc) is 2.56. The lowest BCUT2D eigenvalue weighted by molar-refractivity contribution is -0.118. The number of carboxylic acid groups (broad SMARTS) is 1. The molecule has 6 nitrogen and oxygen atoms in total. The molecule has 0 unspecified atom stereocenters. The first-order valence-electron chi connectivity index (χ1n) is 6.80. The van der Waals surface area contributed by atoms with Gasteiger partial charge in [-0.3, -0.25) is 4.79 Å². The van der Waals surface area contributed by atoms with Crippen LogP contribution in [0.2, 0.25) is 10.0 Å². The van der Waals surface area contributed by atoms with Crippen molar-refractivity contribution in [3.63, 3.8) is 0 Å². The zero-order chi connectivity index (χ0) is 18.6. The van der Waals surface area contributed by atoms with Crippen LogP contribution in [0.5, 0.6) is 11.5 Å². The van der Waals surface area contributed by atoms with Crippen LogP contribution >= 0.6 is 39.1 Å². The quantitative estimate of drug-likeness (QED) is 0.680. The highest BCUT2D eigenvalue weighted by Gasteiger charge is 2.16. The summed E-state index contributed by atoms with van der Waals surface area (Å²) in [6, 6.07) is 7.34. The van der Waals surface area contributed by atoms with Crippen molar-refractivity contribution in [1.29, 1.82) is 0 Å². The monoisotopic (exact) mass is 447 g/mol. The highest BCUT2D eigenvalue weighted by molar-refractivity contribution is 9.10. The number of carbonyl (C=O) groups excluding carboxylic acids is 1. The smallest absolute Gasteiger partial charge is 0.335 e. The zero-order valence-corrected chi connectivity index (χ0v) is 15.9. The van der Waals surface area contributed by atoms with Crippen molar-refractivity contribution >= 4 is 56.7 Å². The third-order valence-corrected chi connectivity index (χ3v) is 4.36. The maximum Gasteiger partial charge on any atom is 0.335 e. The van der Waals surface area contributed by atoms with Crippen LogP contribution < -0.4 is 14.8 Å². The van der Waals surface area contributed by atoms with E-state index in [0.29, 0.717) is 20.2 Å². The van der Waals surface area contributed by atoms with Gasteiger partial charge in [0.15, 0.2) is 18.1 Å². The van der Waals surface area contributed by atoms with Crippen molar-refractivity contribution in [2.24, 2.45) is 0 Å². The average molecular weight is 449 g/mol.